The minimum Gasteiger partial charge on any atom is -0.491 e. The van der Waals surface area contributed by atoms with Crippen LogP contribution in [-0.2, 0) is 0 Å². The second-order valence-corrected chi connectivity index (χ2v) is 7.94. The molecule has 2 nitrogen and oxygen atoms in total. The second kappa shape index (κ2) is 8.22. The summed E-state index contributed by atoms with van der Waals surface area (Å²) in [6.45, 7) is 1.77. The molecular weight excluding hydrogens is 338 g/mol. The van der Waals surface area contributed by atoms with Crippen molar-refractivity contribution >= 4 is 17.2 Å². The van der Waals surface area contributed by atoms with E-state index < -0.39 is 0 Å². The van der Waals surface area contributed by atoms with Gasteiger partial charge in [-0.1, -0.05) is 80.0 Å². The fourth-order valence-corrected chi connectivity index (χ4v) is 5.08. The van der Waals surface area contributed by atoms with E-state index in [0.717, 1.165) is 35.4 Å². The van der Waals surface area contributed by atoms with Crippen molar-refractivity contribution in [2.75, 3.05) is 13.2 Å². The van der Waals surface area contributed by atoms with E-state index in [0.29, 0.717) is 12.0 Å². The molecule has 3 atom stereocenters. The van der Waals surface area contributed by atoms with Crippen molar-refractivity contribution in [3.8, 4) is 5.75 Å². The van der Waals surface area contributed by atoms with E-state index in [2.05, 4.69) is 35.2 Å². The maximum absolute atomic E-state index is 6.21. The molecule has 2 aliphatic rings. The molecule has 1 saturated heterocycles. The third-order valence-corrected chi connectivity index (χ3v) is 6.52. The Morgan fingerprint density at radius 2 is 1.62 bits per heavy atom. The highest BCUT2D eigenvalue weighted by atomic mass is 32.1. The molecule has 0 amide bonds. The van der Waals surface area contributed by atoms with Crippen molar-refractivity contribution in [1.82, 2.24) is 4.90 Å². The van der Waals surface area contributed by atoms with Gasteiger partial charge in [-0.05, 0) is 36.8 Å². The quantitative estimate of drug-likeness (QED) is 0.680. The Morgan fingerprint density at radius 1 is 0.923 bits per heavy atom. The summed E-state index contributed by atoms with van der Waals surface area (Å²) in [6, 6.07) is 21.0. The van der Waals surface area contributed by atoms with E-state index in [4.69, 9.17) is 17.0 Å². The van der Waals surface area contributed by atoms with E-state index in [1.54, 1.807) is 0 Å². The average Bonchev–Trinajstić information content (AvgIpc) is 2.73. The number of fused-ring (bicyclic) bond motifs is 1. The van der Waals surface area contributed by atoms with Crippen LogP contribution in [0.5, 0.6) is 5.75 Å². The predicted octanol–water partition coefficient (Wildman–Crippen LogP) is 5.32. The van der Waals surface area contributed by atoms with Gasteiger partial charge in [0, 0.05) is 12.1 Å². The molecule has 3 unspecified atom stereocenters. The van der Waals surface area contributed by atoms with Crippen LogP contribution in [0.25, 0.3) is 0 Å². The topological polar surface area (TPSA) is 12.5 Å². The number of thiocarbonyl (C=S) groups is 1. The first kappa shape index (κ1) is 17.5. The van der Waals surface area contributed by atoms with Gasteiger partial charge < -0.3 is 9.64 Å². The van der Waals surface area contributed by atoms with Crippen LogP contribution >= 0.6 is 12.2 Å². The molecular formula is C23H27NOS. The van der Waals surface area contributed by atoms with Gasteiger partial charge in [-0.2, -0.15) is 0 Å². The fourth-order valence-electron chi connectivity index (χ4n) is 4.71. The van der Waals surface area contributed by atoms with Gasteiger partial charge in [0.2, 0.25) is 0 Å². The number of ether oxygens (including phenoxy) is 1. The average molecular weight is 366 g/mol. The Labute approximate surface area is 162 Å². The zero-order valence-corrected chi connectivity index (χ0v) is 16.0. The Morgan fingerprint density at radius 3 is 2.38 bits per heavy atom. The molecule has 0 spiro atoms. The van der Waals surface area contributed by atoms with E-state index in [-0.39, 0.29) is 0 Å². The van der Waals surface area contributed by atoms with Crippen molar-refractivity contribution < 1.29 is 4.74 Å². The van der Waals surface area contributed by atoms with Gasteiger partial charge in [-0.15, -0.1) is 0 Å². The molecule has 1 aliphatic heterocycles. The Kier molecular flexibility index (Phi) is 5.54. The summed E-state index contributed by atoms with van der Waals surface area (Å²) in [4.78, 5) is 3.44. The zero-order chi connectivity index (χ0) is 17.8. The lowest BCUT2D eigenvalue weighted by Crippen LogP contribution is -2.54. The molecule has 3 heteroatoms. The van der Waals surface area contributed by atoms with Crippen LogP contribution in [0, 0.1) is 11.8 Å². The van der Waals surface area contributed by atoms with Gasteiger partial charge in [0.05, 0.1) is 6.04 Å². The number of hydrogen-bond acceptors (Lipinski definition) is 2. The van der Waals surface area contributed by atoms with Crippen LogP contribution in [0.4, 0.5) is 0 Å². The molecule has 2 aromatic carbocycles. The number of likely N-dealkylation sites (tertiary alicyclic amines) is 1. The fraction of sp³-hybridized carbons (Fsp3) is 0.435. The number of nitrogens with zero attached hydrogens (tertiary/aromatic N) is 1. The minimum atomic E-state index is 0.377. The van der Waals surface area contributed by atoms with Crippen LogP contribution < -0.4 is 4.74 Å². The summed E-state index contributed by atoms with van der Waals surface area (Å²) < 4.78 is 6.21. The van der Waals surface area contributed by atoms with Crippen LogP contribution in [0.3, 0.4) is 0 Å². The van der Waals surface area contributed by atoms with Crippen molar-refractivity contribution in [3.05, 3.63) is 66.2 Å². The zero-order valence-electron chi connectivity index (χ0n) is 15.2. The maximum atomic E-state index is 6.21. The standard InChI is InChI=1S/C23H27NOS/c26-23(19-10-3-1-4-11-19)24-16-15-18-9-7-8-14-21(18)22(24)17-25-20-12-5-2-6-13-20/h1-6,10-13,18,21-22H,7-9,14-17H2. The molecule has 1 aliphatic carbocycles. The van der Waals surface area contributed by atoms with Crippen LogP contribution in [0.1, 0.15) is 37.7 Å². The SMILES string of the molecule is S=C(c1ccccc1)N1CCC2CCCCC2C1COc1ccccc1. The molecule has 0 N–H and O–H groups in total. The molecule has 26 heavy (non-hydrogen) atoms. The van der Waals surface area contributed by atoms with Gasteiger partial charge in [0.15, 0.2) is 0 Å². The summed E-state index contributed by atoms with van der Waals surface area (Å²) in [5.74, 6) is 2.49. The smallest absolute Gasteiger partial charge is 0.119 e. The number of benzene rings is 2. The number of piperidine rings is 1. The summed E-state index contributed by atoms with van der Waals surface area (Å²) >= 11 is 5.91. The lowest BCUT2D eigenvalue weighted by Gasteiger charge is -2.48. The summed E-state index contributed by atoms with van der Waals surface area (Å²) in [6.07, 6.45) is 6.67. The first-order valence-corrected chi connectivity index (χ1v) is 10.3. The molecule has 2 aromatic rings. The summed E-state index contributed by atoms with van der Waals surface area (Å²) in [5.41, 5.74) is 1.15. The number of rotatable bonds is 4. The van der Waals surface area contributed by atoms with Crippen LogP contribution in [0.15, 0.2) is 60.7 Å². The maximum Gasteiger partial charge on any atom is 0.119 e. The summed E-state index contributed by atoms with van der Waals surface area (Å²) in [5, 5.41) is 0. The van der Waals surface area contributed by atoms with Gasteiger partial charge >= 0.3 is 0 Å². The van der Waals surface area contributed by atoms with Crippen LogP contribution in [-0.4, -0.2) is 29.1 Å². The second-order valence-electron chi connectivity index (χ2n) is 7.55. The van der Waals surface area contributed by atoms with Crippen molar-refractivity contribution in [2.24, 2.45) is 11.8 Å². The minimum absolute atomic E-state index is 0.377. The highest BCUT2D eigenvalue weighted by Crippen LogP contribution is 2.40. The van der Waals surface area contributed by atoms with Crippen molar-refractivity contribution in [1.29, 1.82) is 0 Å². The molecule has 1 saturated carbocycles. The largest absolute Gasteiger partial charge is 0.491 e. The summed E-state index contributed by atoms with van der Waals surface area (Å²) in [7, 11) is 0. The third-order valence-electron chi connectivity index (χ3n) is 6.05. The van der Waals surface area contributed by atoms with Gasteiger partial charge in [-0.3, -0.25) is 0 Å². The molecule has 1 heterocycles. The van der Waals surface area contributed by atoms with Crippen LogP contribution in [0.2, 0.25) is 0 Å². The molecule has 0 bridgehead atoms. The van der Waals surface area contributed by atoms with Gasteiger partial charge in [-0.25, -0.2) is 0 Å². The lowest BCUT2D eigenvalue weighted by molar-refractivity contribution is 0.0403. The monoisotopic (exact) mass is 365 g/mol. The first-order valence-electron chi connectivity index (χ1n) is 9.87. The third kappa shape index (κ3) is 3.78. The van der Waals surface area contributed by atoms with Crippen molar-refractivity contribution in [3.63, 3.8) is 0 Å². The van der Waals surface area contributed by atoms with Gasteiger partial charge in [0.1, 0.15) is 17.3 Å². The Hall–Kier alpha value is -1.87. The molecule has 4 rings (SSSR count). The predicted molar refractivity (Wildman–Crippen MR) is 111 cm³/mol. The van der Waals surface area contributed by atoms with E-state index in [9.17, 15) is 0 Å². The molecule has 2 fully saturated rings. The molecule has 136 valence electrons. The normalized spacial score (nSPS) is 25.4. The van der Waals surface area contributed by atoms with Gasteiger partial charge in [0.25, 0.3) is 0 Å². The Bertz CT molecular complexity index is 718. The van der Waals surface area contributed by atoms with E-state index >= 15 is 0 Å². The number of para-hydroxylation sites is 1. The molecule has 0 aromatic heterocycles. The first-order chi connectivity index (χ1) is 12.8. The van der Waals surface area contributed by atoms with E-state index in [1.807, 2.05) is 30.3 Å². The number of hydrogen-bond donors (Lipinski definition) is 0. The van der Waals surface area contributed by atoms with E-state index in [1.165, 1.54) is 32.1 Å². The van der Waals surface area contributed by atoms with Crippen molar-refractivity contribution in [2.45, 2.75) is 38.1 Å². The molecule has 0 radical (unpaired) electrons. The lowest BCUT2D eigenvalue weighted by atomic mass is 9.71. The highest BCUT2D eigenvalue weighted by Gasteiger charge is 2.40. The highest BCUT2D eigenvalue weighted by molar-refractivity contribution is 7.80. The Balaban J connectivity index is 1.55.